The maximum absolute atomic E-state index is 8.47. The van der Waals surface area contributed by atoms with Crippen molar-refractivity contribution in [2.24, 2.45) is 0 Å². The van der Waals surface area contributed by atoms with Crippen LogP contribution in [-0.2, 0) is 4.74 Å². The highest BCUT2D eigenvalue weighted by atomic mass is 16.5. The Morgan fingerprint density at radius 1 is 1.29 bits per heavy atom. The summed E-state index contributed by atoms with van der Waals surface area (Å²) in [6, 6.07) is 0. The molecule has 0 atom stereocenters. The minimum absolute atomic E-state index is 0.0158. The molecule has 0 heterocycles. The number of aliphatic hydroxyl groups excluding tert-OH is 1. The Kier molecular flexibility index (Phi) is 8.91. The lowest BCUT2D eigenvalue weighted by Gasteiger charge is -2.00. The molecule has 14 heavy (non-hydrogen) atoms. The number of ether oxygens (including phenoxy) is 1. The first kappa shape index (κ1) is 12.7. The van der Waals surface area contributed by atoms with Crippen LogP contribution in [-0.4, -0.2) is 18.3 Å². The van der Waals surface area contributed by atoms with Gasteiger partial charge in [0.2, 0.25) is 0 Å². The Morgan fingerprint density at radius 2 is 2.00 bits per heavy atom. The Balaban J connectivity index is 3.65. The monoisotopic (exact) mass is 194 g/mol. The van der Waals surface area contributed by atoms with Crippen LogP contribution in [0.2, 0.25) is 0 Å². The van der Waals surface area contributed by atoms with E-state index in [0.717, 1.165) is 6.42 Å². The molecule has 0 aliphatic rings. The second kappa shape index (κ2) is 9.81. The fraction of sp³-hybridized carbons (Fsp3) is 0.333. The third kappa shape index (κ3) is 8.81. The topological polar surface area (TPSA) is 29.5 Å². The lowest BCUT2D eigenvalue weighted by Crippen LogP contribution is -1.96. The summed E-state index contributed by atoms with van der Waals surface area (Å²) in [5.41, 5.74) is 0. The molecule has 0 aromatic carbocycles. The molecule has 0 aromatic rings. The molecule has 0 aliphatic carbocycles. The van der Waals surface area contributed by atoms with Crippen molar-refractivity contribution in [1.29, 1.82) is 0 Å². The van der Waals surface area contributed by atoms with Gasteiger partial charge < -0.3 is 9.84 Å². The summed E-state index contributed by atoms with van der Waals surface area (Å²) in [6.45, 7) is 6.05. The second-order valence-electron chi connectivity index (χ2n) is 2.62. The zero-order valence-corrected chi connectivity index (χ0v) is 8.65. The molecular formula is C12H18O2. The van der Waals surface area contributed by atoms with Gasteiger partial charge in [0.1, 0.15) is 12.4 Å². The lowest BCUT2D eigenvalue weighted by atomic mass is 10.3. The predicted molar refractivity (Wildman–Crippen MR) is 59.9 cm³/mol. The number of rotatable bonds is 7. The summed E-state index contributed by atoms with van der Waals surface area (Å²) >= 11 is 0. The largest absolute Gasteiger partial charge is 0.492 e. The van der Waals surface area contributed by atoms with Crippen LogP contribution >= 0.6 is 0 Å². The van der Waals surface area contributed by atoms with Crippen molar-refractivity contribution >= 4 is 0 Å². The molecular weight excluding hydrogens is 176 g/mol. The SMILES string of the molecule is C=C(\C=C/C=C/C=C/CC)OCCO. The first-order valence-corrected chi connectivity index (χ1v) is 4.73. The van der Waals surface area contributed by atoms with Crippen molar-refractivity contribution in [1.82, 2.24) is 0 Å². The van der Waals surface area contributed by atoms with Crippen LogP contribution in [0.1, 0.15) is 13.3 Å². The molecule has 0 rings (SSSR count). The van der Waals surface area contributed by atoms with Gasteiger partial charge in [0, 0.05) is 0 Å². The third-order valence-electron chi connectivity index (χ3n) is 1.37. The number of allylic oxidation sites excluding steroid dienone is 6. The van der Waals surface area contributed by atoms with Gasteiger partial charge in [-0.15, -0.1) is 0 Å². The predicted octanol–water partition coefficient (Wildman–Crippen LogP) is 2.59. The maximum atomic E-state index is 8.47. The van der Waals surface area contributed by atoms with Crippen molar-refractivity contribution in [2.45, 2.75) is 13.3 Å². The van der Waals surface area contributed by atoms with Gasteiger partial charge in [0.05, 0.1) is 6.61 Å². The summed E-state index contributed by atoms with van der Waals surface area (Å²) in [4.78, 5) is 0. The summed E-state index contributed by atoms with van der Waals surface area (Å²) in [7, 11) is 0. The van der Waals surface area contributed by atoms with E-state index in [1.807, 2.05) is 24.3 Å². The molecule has 1 N–H and O–H groups in total. The van der Waals surface area contributed by atoms with Gasteiger partial charge in [0.15, 0.2) is 0 Å². The van der Waals surface area contributed by atoms with Gasteiger partial charge in [-0.05, 0) is 12.5 Å². The average molecular weight is 194 g/mol. The first-order chi connectivity index (χ1) is 6.81. The van der Waals surface area contributed by atoms with Gasteiger partial charge in [-0.3, -0.25) is 0 Å². The van der Waals surface area contributed by atoms with Crippen molar-refractivity contribution in [3.63, 3.8) is 0 Å². The highest BCUT2D eigenvalue weighted by Crippen LogP contribution is 1.95. The third-order valence-corrected chi connectivity index (χ3v) is 1.37. The average Bonchev–Trinajstić information content (AvgIpc) is 2.20. The maximum Gasteiger partial charge on any atom is 0.112 e. The molecule has 0 spiro atoms. The fourth-order valence-electron chi connectivity index (χ4n) is 0.731. The van der Waals surface area contributed by atoms with E-state index in [2.05, 4.69) is 19.6 Å². The van der Waals surface area contributed by atoms with E-state index in [1.54, 1.807) is 6.08 Å². The molecule has 0 saturated heterocycles. The van der Waals surface area contributed by atoms with Gasteiger partial charge in [-0.1, -0.05) is 43.9 Å². The van der Waals surface area contributed by atoms with Crippen LogP contribution in [0, 0.1) is 0 Å². The molecule has 0 unspecified atom stereocenters. The highest BCUT2D eigenvalue weighted by molar-refractivity contribution is 5.17. The molecule has 2 heteroatoms. The zero-order chi connectivity index (χ0) is 10.6. The van der Waals surface area contributed by atoms with Crippen LogP contribution in [0.3, 0.4) is 0 Å². The summed E-state index contributed by atoms with van der Waals surface area (Å²) in [5.74, 6) is 0.558. The summed E-state index contributed by atoms with van der Waals surface area (Å²) < 4.78 is 5.04. The number of aliphatic hydroxyl groups is 1. The van der Waals surface area contributed by atoms with Crippen molar-refractivity contribution in [2.75, 3.05) is 13.2 Å². The van der Waals surface area contributed by atoms with E-state index in [9.17, 15) is 0 Å². The van der Waals surface area contributed by atoms with E-state index in [1.165, 1.54) is 0 Å². The Hall–Kier alpha value is -1.28. The standard InChI is InChI=1S/C12H18O2/c1-3-4-5-6-7-8-9-12(2)14-11-10-13/h4-9,13H,2-3,10-11H2,1H3/b5-4+,7-6+,9-8-. The minimum Gasteiger partial charge on any atom is -0.492 e. The van der Waals surface area contributed by atoms with Crippen LogP contribution < -0.4 is 0 Å². The Labute approximate surface area is 85.9 Å². The van der Waals surface area contributed by atoms with E-state index < -0.39 is 0 Å². The van der Waals surface area contributed by atoms with Gasteiger partial charge in [-0.2, -0.15) is 0 Å². The number of hydrogen-bond donors (Lipinski definition) is 1. The summed E-state index contributed by atoms with van der Waals surface area (Å²) in [5, 5.41) is 8.47. The van der Waals surface area contributed by atoms with Crippen LogP contribution in [0.4, 0.5) is 0 Å². The fourth-order valence-corrected chi connectivity index (χ4v) is 0.731. The molecule has 0 aromatic heterocycles. The van der Waals surface area contributed by atoms with Crippen LogP contribution in [0.25, 0.3) is 0 Å². The molecule has 0 amide bonds. The molecule has 78 valence electrons. The quantitative estimate of drug-likeness (QED) is 0.498. The number of hydrogen-bond acceptors (Lipinski definition) is 2. The first-order valence-electron chi connectivity index (χ1n) is 4.73. The normalized spacial score (nSPS) is 11.9. The van der Waals surface area contributed by atoms with Gasteiger partial charge in [0.25, 0.3) is 0 Å². The zero-order valence-electron chi connectivity index (χ0n) is 8.65. The Bertz CT molecular complexity index is 224. The van der Waals surface area contributed by atoms with Gasteiger partial charge >= 0.3 is 0 Å². The molecule has 0 bridgehead atoms. The Morgan fingerprint density at radius 3 is 2.64 bits per heavy atom. The van der Waals surface area contributed by atoms with Crippen molar-refractivity contribution < 1.29 is 9.84 Å². The molecule has 0 aliphatic heterocycles. The highest BCUT2D eigenvalue weighted by Gasteiger charge is 1.84. The van der Waals surface area contributed by atoms with E-state index in [4.69, 9.17) is 9.84 Å². The smallest absolute Gasteiger partial charge is 0.112 e. The molecule has 2 nitrogen and oxygen atoms in total. The molecule has 0 radical (unpaired) electrons. The molecule has 0 fully saturated rings. The van der Waals surface area contributed by atoms with E-state index in [-0.39, 0.29) is 6.61 Å². The van der Waals surface area contributed by atoms with Gasteiger partial charge in [-0.25, -0.2) is 0 Å². The van der Waals surface area contributed by atoms with Crippen LogP contribution in [0.5, 0.6) is 0 Å². The van der Waals surface area contributed by atoms with E-state index >= 15 is 0 Å². The molecule has 0 saturated carbocycles. The van der Waals surface area contributed by atoms with Crippen molar-refractivity contribution in [3.8, 4) is 0 Å². The lowest BCUT2D eigenvalue weighted by molar-refractivity contribution is 0.153. The van der Waals surface area contributed by atoms with Crippen LogP contribution in [0.15, 0.2) is 48.8 Å². The van der Waals surface area contributed by atoms with Crippen molar-refractivity contribution in [3.05, 3.63) is 48.8 Å². The minimum atomic E-state index is 0.0158. The second-order valence-corrected chi connectivity index (χ2v) is 2.62. The van der Waals surface area contributed by atoms with E-state index in [0.29, 0.717) is 12.4 Å². The summed E-state index contributed by atoms with van der Waals surface area (Å²) in [6.07, 6.45) is 12.5.